The molecule has 0 aromatic heterocycles. The highest BCUT2D eigenvalue weighted by Gasteiger charge is 2.12. The van der Waals surface area contributed by atoms with Gasteiger partial charge in [-0.1, -0.05) is 30.3 Å². The van der Waals surface area contributed by atoms with Crippen LogP contribution in [-0.4, -0.2) is 39.2 Å². The first-order chi connectivity index (χ1) is 13.0. The van der Waals surface area contributed by atoms with Crippen molar-refractivity contribution in [3.8, 4) is 11.5 Å². The SMILES string of the molecule is COc1ccc(NC(=O)COCC(=O)N[C@@H](C)c2ccccc2)c(OC)c1. The average Bonchev–Trinajstić information content (AvgIpc) is 2.68. The van der Waals surface area contributed by atoms with Crippen molar-refractivity contribution in [1.29, 1.82) is 0 Å². The van der Waals surface area contributed by atoms with Crippen molar-refractivity contribution in [3.05, 3.63) is 54.1 Å². The van der Waals surface area contributed by atoms with E-state index in [1.165, 1.54) is 7.11 Å². The molecular formula is C20H24N2O5. The van der Waals surface area contributed by atoms with Crippen LogP contribution in [0.25, 0.3) is 0 Å². The third-order valence-electron chi connectivity index (χ3n) is 3.83. The number of amides is 2. The quantitative estimate of drug-likeness (QED) is 0.706. The second kappa shape index (κ2) is 10.2. The smallest absolute Gasteiger partial charge is 0.250 e. The summed E-state index contributed by atoms with van der Waals surface area (Å²) in [6.45, 7) is 1.43. The summed E-state index contributed by atoms with van der Waals surface area (Å²) in [4.78, 5) is 23.9. The monoisotopic (exact) mass is 372 g/mol. The van der Waals surface area contributed by atoms with Crippen LogP contribution < -0.4 is 20.1 Å². The second-order valence-corrected chi connectivity index (χ2v) is 5.81. The molecule has 2 amide bonds. The highest BCUT2D eigenvalue weighted by molar-refractivity contribution is 5.93. The Bertz CT molecular complexity index is 764. The maximum Gasteiger partial charge on any atom is 0.250 e. The van der Waals surface area contributed by atoms with Crippen molar-refractivity contribution < 1.29 is 23.8 Å². The first kappa shape index (κ1) is 20.3. The van der Waals surface area contributed by atoms with Gasteiger partial charge in [0.1, 0.15) is 24.7 Å². The Labute approximate surface area is 158 Å². The minimum atomic E-state index is -0.387. The average molecular weight is 372 g/mol. The fourth-order valence-electron chi connectivity index (χ4n) is 2.43. The molecule has 144 valence electrons. The number of carbonyl (C=O) groups excluding carboxylic acids is 2. The molecule has 7 nitrogen and oxygen atoms in total. The maximum atomic E-state index is 12.0. The molecule has 0 aliphatic rings. The summed E-state index contributed by atoms with van der Waals surface area (Å²) in [6, 6.07) is 14.5. The van der Waals surface area contributed by atoms with Gasteiger partial charge in [0.15, 0.2) is 0 Å². The summed E-state index contributed by atoms with van der Waals surface area (Å²) < 4.78 is 15.5. The molecule has 27 heavy (non-hydrogen) atoms. The van der Waals surface area contributed by atoms with Gasteiger partial charge in [0.2, 0.25) is 11.8 Å². The number of methoxy groups -OCH3 is 2. The summed E-state index contributed by atoms with van der Waals surface area (Å²) >= 11 is 0. The lowest BCUT2D eigenvalue weighted by molar-refractivity contribution is -0.129. The van der Waals surface area contributed by atoms with E-state index < -0.39 is 0 Å². The number of carbonyl (C=O) groups is 2. The van der Waals surface area contributed by atoms with E-state index in [9.17, 15) is 9.59 Å². The molecule has 0 saturated carbocycles. The fourth-order valence-corrected chi connectivity index (χ4v) is 2.43. The molecule has 7 heteroatoms. The van der Waals surface area contributed by atoms with Crippen molar-refractivity contribution in [2.75, 3.05) is 32.8 Å². The van der Waals surface area contributed by atoms with Gasteiger partial charge < -0.3 is 24.8 Å². The molecule has 0 aliphatic carbocycles. The number of nitrogens with one attached hydrogen (secondary N) is 2. The Morgan fingerprint density at radius 2 is 1.67 bits per heavy atom. The second-order valence-electron chi connectivity index (χ2n) is 5.81. The summed E-state index contributed by atoms with van der Waals surface area (Å²) in [5.74, 6) is 0.408. The van der Waals surface area contributed by atoms with Crippen LogP contribution in [0.5, 0.6) is 11.5 Å². The highest BCUT2D eigenvalue weighted by Crippen LogP contribution is 2.28. The molecule has 2 rings (SSSR count). The van der Waals surface area contributed by atoms with Gasteiger partial charge in [-0.2, -0.15) is 0 Å². The molecule has 0 heterocycles. The van der Waals surface area contributed by atoms with E-state index in [0.717, 1.165) is 5.56 Å². The molecule has 2 N–H and O–H groups in total. The van der Waals surface area contributed by atoms with Gasteiger partial charge >= 0.3 is 0 Å². The lowest BCUT2D eigenvalue weighted by Crippen LogP contribution is -2.31. The Kier molecular flexibility index (Phi) is 7.63. The predicted molar refractivity (Wildman–Crippen MR) is 102 cm³/mol. The van der Waals surface area contributed by atoms with Gasteiger partial charge in [-0.05, 0) is 24.6 Å². The lowest BCUT2D eigenvalue weighted by Gasteiger charge is -2.14. The van der Waals surface area contributed by atoms with Crippen LogP contribution in [0.2, 0.25) is 0 Å². The van der Waals surface area contributed by atoms with Crippen molar-refractivity contribution >= 4 is 17.5 Å². The fraction of sp³-hybridized carbons (Fsp3) is 0.300. The molecule has 0 radical (unpaired) electrons. The number of hydrogen-bond donors (Lipinski definition) is 2. The topological polar surface area (TPSA) is 85.9 Å². The first-order valence-corrected chi connectivity index (χ1v) is 8.47. The van der Waals surface area contributed by atoms with Crippen LogP contribution in [0.1, 0.15) is 18.5 Å². The highest BCUT2D eigenvalue weighted by atomic mass is 16.5. The van der Waals surface area contributed by atoms with E-state index in [2.05, 4.69) is 10.6 Å². The molecule has 0 aliphatic heterocycles. The van der Waals surface area contributed by atoms with Crippen LogP contribution in [0.3, 0.4) is 0 Å². The van der Waals surface area contributed by atoms with E-state index >= 15 is 0 Å². The summed E-state index contributed by atoms with van der Waals surface area (Å²) in [5.41, 5.74) is 1.49. The minimum Gasteiger partial charge on any atom is -0.497 e. The van der Waals surface area contributed by atoms with Crippen molar-refractivity contribution in [2.45, 2.75) is 13.0 Å². The van der Waals surface area contributed by atoms with Gasteiger partial charge in [0.05, 0.1) is 25.9 Å². The normalized spacial score (nSPS) is 11.4. The van der Waals surface area contributed by atoms with Gasteiger partial charge in [0.25, 0.3) is 0 Å². The van der Waals surface area contributed by atoms with Crippen molar-refractivity contribution in [2.24, 2.45) is 0 Å². The zero-order chi connectivity index (χ0) is 19.6. The van der Waals surface area contributed by atoms with Crippen LogP contribution >= 0.6 is 0 Å². The largest absolute Gasteiger partial charge is 0.497 e. The van der Waals surface area contributed by atoms with E-state index in [1.54, 1.807) is 25.3 Å². The van der Waals surface area contributed by atoms with Gasteiger partial charge in [0, 0.05) is 6.07 Å². The summed E-state index contributed by atoms with van der Waals surface area (Å²) in [6.07, 6.45) is 0. The number of rotatable bonds is 9. The number of anilines is 1. The van der Waals surface area contributed by atoms with E-state index in [4.69, 9.17) is 14.2 Å². The Hall–Kier alpha value is -3.06. The van der Waals surface area contributed by atoms with E-state index in [-0.39, 0.29) is 31.1 Å². The molecule has 0 saturated heterocycles. The Morgan fingerprint density at radius 3 is 2.33 bits per heavy atom. The van der Waals surface area contributed by atoms with Gasteiger partial charge in [-0.3, -0.25) is 9.59 Å². The Balaban J connectivity index is 1.76. The lowest BCUT2D eigenvalue weighted by atomic mass is 10.1. The predicted octanol–water partition coefficient (Wildman–Crippen LogP) is 2.54. The zero-order valence-corrected chi connectivity index (χ0v) is 15.7. The Morgan fingerprint density at radius 1 is 0.963 bits per heavy atom. The summed E-state index contributed by atoms with van der Waals surface area (Å²) in [7, 11) is 3.05. The molecule has 1 atom stereocenters. The van der Waals surface area contributed by atoms with E-state index in [0.29, 0.717) is 17.2 Å². The third kappa shape index (κ3) is 6.31. The minimum absolute atomic E-state index is 0.139. The molecular weight excluding hydrogens is 348 g/mol. The third-order valence-corrected chi connectivity index (χ3v) is 3.83. The molecule has 0 fully saturated rings. The van der Waals surface area contributed by atoms with Crippen molar-refractivity contribution in [1.82, 2.24) is 5.32 Å². The maximum absolute atomic E-state index is 12.0. The van der Waals surface area contributed by atoms with E-state index in [1.807, 2.05) is 37.3 Å². The van der Waals surface area contributed by atoms with Crippen molar-refractivity contribution in [3.63, 3.8) is 0 Å². The molecule has 2 aromatic carbocycles. The number of ether oxygens (including phenoxy) is 3. The zero-order valence-electron chi connectivity index (χ0n) is 15.7. The first-order valence-electron chi connectivity index (χ1n) is 8.47. The number of hydrogen-bond acceptors (Lipinski definition) is 5. The molecule has 2 aromatic rings. The number of benzene rings is 2. The van der Waals surface area contributed by atoms with Crippen LogP contribution in [-0.2, 0) is 14.3 Å². The summed E-state index contributed by atoms with van der Waals surface area (Å²) in [5, 5.41) is 5.50. The van der Waals surface area contributed by atoms with Crippen LogP contribution in [0.4, 0.5) is 5.69 Å². The molecule has 0 bridgehead atoms. The van der Waals surface area contributed by atoms with Gasteiger partial charge in [-0.15, -0.1) is 0 Å². The van der Waals surface area contributed by atoms with Crippen LogP contribution in [0.15, 0.2) is 48.5 Å². The molecule has 0 unspecified atom stereocenters. The standard InChI is InChI=1S/C20H24N2O5/c1-14(15-7-5-4-6-8-15)21-19(23)12-27-13-20(24)22-17-10-9-16(25-2)11-18(17)26-3/h4-11,14H,12-13H2,1-3H3,(H,21,23)(H,22,24)/t14-/m0/s1. The molecule has 0 spiro atoms. The van der Waals surface area contributed by atoms with Gasteiger partial charge in [-0.25, -0.2) is 0 Å². The van der Waals surface area contributed by atoms with Crippen LogP contribution in [0, 0.1) is 0 Å².